The minimum absolute atomic E-state index is 0.135. The average molecular weight is 265 g/mol. The van der Waals surface area contributed by atoms with Gasteiger partial charge in [-0.25, -0.2) is 0 Å². The minimum Gasteiger partial charge on any atom is -0.497 e. The van der Waals surface area contributed by atoms with Crippen LogP contribution in [-0.4, -0.2) is 19.8 Å². The molecule has 1 unspecified atom stereocenters. The second kappa shape index (κ2) is 8.81. The maximum Gasteiger partial charge on any atom is 0.126 e. The first kappa shape index (κ1) is 15.8. The predicted molar refractivity (Wildman–Crippen MR) is 80.0 cm³/mol. The van der Waals surface area contributed by atoms with Gasteiger partial charge in [-0.15, -0.1) is 0 Å². The molecule has 0 bridgehead atoms. The second-order valence-electron chi connectivity index (χ2n) is 5.06. The van der Waals surface area contributed by atoms with Crippen molar-refractivity contribution in [1.29, 1.82) is 0 Å². The Hall–Kier alpha value is -1.22. The summed E-state index contributed by atoms with van der Waals surface area (Å²) in [6, 6.07) is 6.10. The van der Waals surface area contributed by atoms with E-state index in [-0.39, 0.29) is 6.04 Å². The van der Waals surface area contributed by atoms with Gasteiger partial charge in [0.15, 0.2) is 0 Å². The molecule has 0 aliphatic heterocycles. The molecule has 3 nitrogen and oxygen atoms in total. The quantitative estimate of drug-likeness (QED) is 0.694. The van der Waals surface area contributed by atoms with Crippen LogP contribution in [0.2, 0.25) is 0 Å². The third-order valence-electron chi connectivity index (χ3n) is 3.07. The Labute approximate surface area is 117 Å². The number of benzene rings is 1. The number of methoxy groups -OCH3 is 1. The maximum absolute atomic E-state index is 5.89. The van der Waals surface area contributed by atoms with Gasteiger partial charge in [0.25, 0.3) is 0 Å². The third-order valence-corrected chi connectivity index (χ3v) is 3.07. The zero-order chi connectivity index (χ0) is 14.1. The Morgan fingerprint density at radius 2 is 2.00 bits per heavy atom. The summed E-state index contributed by atoms with van der Waals surface area (Å²) in [5, 5.41) is 0. The van der Waals surface area contributed by atoms with Crippen molar-refractivity contribution in [2.75, 3.05) is 13.7 Å². The Morgan fingerprint density at radius 1 is 1.21 bits per heavy atom. The summed E-state index contributed by atoms with van der Waals surface area (Å²) < 4.78 is 11.1. The summed E-state index contributed by atoms with van der Waals surface area (Å²) in [7, 11) is 1.67. The molecule has 2 N–H and O–H groups in total. The molecule has 1 aromatic rings. The Kier molecular flexibility index (Phi) is 7.34. The van der Waals surface area contributed by atoms with E-state index in [0.717, 1.165) is 36.5 Å². The van der Waals surface area contributed by atoms with Gasteiger partial charge in [-0.05, 0) is 31.4 Å². The standard InChI is InChI=1S/C16H27NO2/c1-4-5-6-7-10-19-16-12-15(18-3)9-8-14(16)11-13(2)17/h8-9,12-13H,4-7,10-11,17H2,1-3H3. The highest BCUT2D eigenvalue weighted by atomic mass is 16.5. The predicted octanol–water partition coefficient (Wildman–Crippen LogP) is 3.54. The SMILES string of the molecule is CCCCCCOc1cc(OC)ccc1CC(C)N. The lowest BCUT2D eigenvalue weighted by Gasteiger charge is -2.14. The van der Waals surface area contributed by atoms with Gasteiger partial charge in [0.2, 0.25) is 0 Å². The number of ether oxygens (including phenoxy) is 2. The molecule has 0 aliphatic rings. The molecule has 0 aromatic heterocycles. The van der Waals surface area contributed by atoms with Crippen LogP contribution in [0, 0.1) is 0 Å². The summed E-state index contributed by atoms with van der Waals surface area (Å²) in [5.41, 5.74) is 7.03. The molecule has 0 heterocycles. The van der Waals surface area contributed by atoms with E-state index in [2.05, 4.69) is 6.92 Å². The van der Waals surface area contributed by atoms with Crippen molar-refractivity contribution in [3.05, 3.63) is 23.8 Å². The molecule has 0 amide bonds. The van der Waals surface area contributed by atoms with Crippen molar-refractivity contribution in [3.63, 3.8) is 0 Å². The van der Waals surface area contributed by atoms with Gasteiger partial charge in [0.05, 0.1) is 13.7 Å². The molecule has 1 atom stereocenters. The molecular weight excluding hydrogens is 238 g/mol. The van der Waals surface area contributed by atoms with Crippen molar-refractivity contribution in [3.8, 4) is 11.5 Å². The lowest BCUT2D eigenvalue weighted by Crippen LogP contribution is -2.18. The topological polar surface area (TPSA) is 44.5 Å². The van der Waals surface area contributed by atoms with Gasteiger partial charge in [-0.1, -0.05) is 32.3 Å². The van der Waals surface area contributed by atoms with E-state index in [1.165, 1.54) is 19.3 Å². The molecule has 108 valence electrons. The van der Waals surface area contributed by atoms with Crippen molar-refractivity contribution >= 4 is 0 Å². The largest absolute Gasteiger partial charge is 0.497 e. The van der Waals surface area contributed by atoms with Gasteiger partial charge in [0, 0.05) is 12.1 Å². The highest BCUT2D eigenvalue weighted by molar-refractivity contribution is 5.41. The lowest BCUT2D eigenvalue weighted by molar-refractivity contribution is 0.299. The fourth-order valence-corrected chi connectivity index (χ4v) is 2.02. The van der Waals surface area contributed by atoms with Crippen LogP contribution in [-0.2, 0) is 6.42 Å². The summed E-state index contributed by atoms with van der Waals surface area (Å²) in [5.74, 6) is 1.74. The molecule has 3 heteroatoms. The van der Waals surface area contributed by atoms with E-state index >= 15 is 0 Å². The highest BCUT2D eigenvalue weighted by Crippen LogP contribution is 2.26. The first-order valence-corrected chi connectivity index (χ1v) is 7.22. The van der Waals surface area contributed by atoms with E-state index in [1.54, 1.807) is 7.11 Å². The van der Waals surface area contributed by atoms with Crippen LogP contribution in [0.1, 0.15) is 45.1 Å². The molecule has 0 saturated heterocycles. The molecule has 0 spiro atoms. The van der Waals surface area contributed by atoms with Crippen LogP contribution in [0.25, 0.3) is 0 Å². The Bertz CT molecular complexity index is 364. The number of unbranched alkanes of at least 4 members (excludes halogenated alkanes) is 3. The zero-order valence-electron chi connectivity index (χ0n) is 12.4. The first-order valence-electron chi connectivity index (χ1n) is 7.22. The number of rotatable bonds is 9. The fourth-order valence-electron chi connectivity index (χ4n) is 2.02. The molecule has 1 aromatic carbocycles. The molecule has 1 rings (SSSR count). The molecule has 0 aliphatic carbocycles. The van der Waals surface area contributed by atoms with E-state index in [1.807, 2.05) is 25.1 Å². The lowest BCUT2D eigenvalue weighted by atomic mass is 10.1. The second-order valence-corrected chi connectivity index (χ2v) is 5.06. The number of hydrogen-bond donors (Lipinski definition) is 1. The molecule has 0 fully saturated rings. The molecule has 0 saturated carbocycles. The first-order chi connectivity index (χ1) is 9.17. The maximum atomic E-state index is 5.89. The van der Waals surface area contributed by atoms with E-state index in [9.17, 15) is 0 Å². The van der Waals surface area contributed by atoms with Gasteiger partial charge in [-0.3, -0.25) is 0 Å². The van der Waals surface area contributed by atoms with Crippen molar-refractivity contribution in [2.45, 2.75) is 52.0 Å². The Morgan fingerprint density at radius 3 is 2.63 bits per heavy atom. The van der Waals surface area contributed by atoms with Crippen LogP contribution < -0.4 is 15.2 Å². The molecule has 0 radical (unpaired) electrons. The summed E-state index contributed by atoms with van der Waals surface area (Å²) in [6.45, 7) is 4.98. The van der Waals surface area contributed by atoms with Crippen LogP contribution in [0.15, 0.2) is 18.2 Å². The minimum atomic E-state index is 0.135. The van der Waals surface area contributed by atoms with Crippen LogP contribution in [0.3, 0.4) is 0 Å². The average Bonchev–Trinajstić information content (AvgIpc) is 2.39. The highest BCUT2D eigenvalue weighted by Gasteiger charge is 2.08. The number of nitrogens with two attached hydrogens (primary N) is 1. The van der Waals surface area contributed by atoms with E-state index in [4.69, 9.17) is 15.2 Å². The molecule has 19 heavy (non-hydrogen) atoms. The monoisotopic (exact) mass is 265 g/mol. The Balaban J connectivity index is 2.60. The van der Waals surface area contributed by atoms with Crippen molar-refractivity contribution in [1.82, 2.24) is 0 Å². The summed E-state index contributed by atoms with van der Waals surface area (Å²) >= 11 is 0. The van der Waals surface area contributed by atoms with E-state index < -0.39 is 0 Å². The van der Waals surface area contributed by atoms with E-state index in [0.29, 0.717) is 0 Å². The zero-order valence-corrected chi connectivity index (χ0v) is 12.4. The van der Waals surface area contributed by atoms with Gasteiger partial charge in [-0.2, -0.15) is 0 Å². The van der Waals surface area contributed by atoms with Crippen LogP contribution in [0.4, 0.5) is 0 Å². The fraction of sp³-hybridized carbons (Fsp3) is 0.625. The normalized spacial score (nSPS) is 12.2. The van der Waals surface area contributed by atoms with Gasteiger partial charge < -0.3 is 15.2 Å². The molecular formula is C16H27NO2. The smallest absolute Gasteiger partial charge is 0.126 e. The van der Waals surface area contributed by atoms with Crippen molar-refractivity contribution < 1.29 is 9.47 Å². The van der Waals surface area contributed by atoms with Crippen LogP contribution >= 0.6 is 0 Å². The third kappa shape index (κ3) is 5.97. The number of hydrogen-bond acceptors (Lipinski definition) is 3. The summed E-state index contributed by atoms with van der Waals surface area (Å²) in [6.07, 6.45) is 5.67. The van der Waals surface area contributed by atoms with Crippen molar-refractivity contribution in [2.24, 2.45) is 5.73 Å². The van der Waals surface area contributed by atoms with Gasteiger partial charge in [0.1, 0.15) is 11.5 Å². The van der Waals surface area contributed by atoms with Gasteiger partial charge >= 0.3 is 0 Å². The summed E-state index contributed by atoms with van der Waals surface area (Å²) in [4.78, 5) is 0. The van der Waals surface area contributed by atoms with Crippen LogP contribution in [0.5, 0.6) is 11.5 Å².